The number of hydrogen-bond acceptors (Lipinski definition) is 2. The van der Waals surface area contributed by atoms with Gasteiger partial charge in [0.2, 0.25) is 0 Å². The van der Waals surface area contributed by atoms with Crippen molar-refractivity contribution in [1.29, 1.82) is 0 Å². The fourth-order valence-corrected chi connectivity index (χ4v) is 5.54. The monoisotopic (exact) mass is 401 g/mol. The fraction of sp³-hybridized carbons (Fsp3) is 0.333. The molecule has 0 saturated carbocycles. The lowest BCUT2D eigenvalue weighted by atomic mass is 10.1. The highest BCUT2D eigenvalue weighted by atomic mass is 79.9. The average molecular weight is 403 g/mol. The van der Waals surface area contributed by atoms with E-state index < -0.39 is 0 Å². The molecule has 0 saturated heterocycles. The topological polar surface area (TPSA) is 12.0 Å². The summed E-state index contributed by atoms with van der Waals surface area (Å²) in [5, 5.41) is 3.36. The summed E-state index contributed by atoms with van der Waals surface area (Å²) in [6, 6.07) is 9.20. The van der Waals surface area contributed by atoms with E-state index in [0.29, 0.717) is 6.04 Å². The summed E-state index contributed by atoms with van der Waals surface area (Å²) in [6.45, 7) is 4.31. The Balaban J connectivity index is 2.43. The summed E-state index contributed by atoms with van der Waals surface area (Å²) < 4.78 is 2.29. The van der Waals surface area contributed by atoms with E-state index in [4.69, 9.17) is 0 Å². The molecule has 1 N–H and O–H groups in total. The van der Waals surface area contributed by atoms with Crippen LogP contribution in [0.3, 0.4) is 0 Å². The van der Waals surface area contributed by atoms with Crippen molar-refractivity contribution in [3.63, 3.8) is 0 Å². The molecular weight excluding hydrogens is 386 g/mol. The van der Waals surface area contributed by atoms with Gasteiger partial charge in [-0.1, -0.05) is 38.8 Å². The SMILES string of the molecule is CCC(NC)c1ccc(-c2c(Br)cc(C)cc2Br)s1. The van der Waals surface area contributed by atoms with Gasteiger partial charge in [0.05, 0.1) is 0 Å². The van der Waals surface area contributed by atoms with Gasteiger partial charge in [-0.15, -0.1) is 11.3 Å². The highest BCUT2D eigenvalue weighted by Gasteiger charge is 2.14. The maximum Gasteiger partial charge on any atom is 0.0409 e. The van der Waals surface area contributed by atoms with E-state index in [2.05, 4.69) is 75.3 Å². The molecule has 0 aliphatic heterocycles. The van der Waals surface area contributed by atoms with Crippen molar-refractivity contribution in [2.45, 2.75) is 26.3 Å². The van der Waals surface area contributed by atoms with E-state index >= 15 is 0 Å². The maximum atomic E-state index is 3.68. The van der Waals surface area contributed by atoms with E-state index in [-0.39, 0.29) is 0 Å². The van der Waals surface area contributed by atoms with Crippen LogP contribution in [0.5, 0.6) is 0 Å². The second kappa shape index (κ2) is 6.53. The van der Waals surface area contributed by atoms with Crippen molar-refractivity contribution < 1.29 is 0 Å². The molecule has 1 aromatic heterocycles. The number of aryl methyl sites for hydroxylation is 1. The number of benzene rings is 1. The van der Waals surface area contributed by atoms with Gasteiger partial charge in [0, 0.05) is 30.3 Å². The molecule has 1 aromatic carbocycles. The van der Waals surface area contributed by atoms with Crippen LogP contribution < -0.4 is 5.32 Å². The van der Waals surface area contributed by atoms with Crippen LogP contribution in [-0.4, -0.2) is 7.05 Å². The predicted octanol–water partition coefficient (Wildman–Crippen LogP) is 5.92. The first kappa shape index (κ1) is 15.2. The third-order valence-electron chi connectivity index (χ3n) is 3.16. The van der Waals surface area contributed by atoms with Crippen LogP contribution in [0.15, 0.2) is 33.2 Å². The highest BCUT2D eigenvalue weighted by Crippen LogP contribution is 2.41. The summed E-state index contributed by atoms with van der Waals surface area (Å²) in [5.74, 6) is 0. The smallest absolute Gasteiger partial charge is 0.0409 e. The fourth-order valence-electron chi connectivity index (χ4n) is 2.16. The second-order valence-corrected chi connectivity index (χ2v) is 7.38. The highest BCUT2D eigenvalue weighted by molar-refractivity contribution is 9.11. The zero-order chi connectivity index (χ0) is 14.0. The summed E-state index contributed by atoms with van der Waals surface area (Å²) in [6.07, 6.45) is 1.10. The minimum Gasteiger partial charge on any atom is -0.312 e. The molecule has 19 heavy (non-hydrogen) atoms. The van der Waals surface area contributed by atoms with Gasteiger partial charge >= 0.3 is 0 Å². The van der Waals surface area contributed by atoms with Crippen molar-refractivity contribution >= 4 is 43.2 Å². The molecule has 2 rings (SSSR count). The zero-order valence-electron chi connectivity index (χ0n) is 11.3. The number of halogens is 2. The van der Waals surface area contributed by atoms with Crippen molar-refractivity contribution in [2.75, 3.05) is 7.05 Å². The molecule has 2 aromatic rings. The minimum absolute atomic E-state index is 0.446. The van der Waals surface area contributed by atoms with Gasteiger partial charge in [-0.3, -0.25) is 0 Å². The van der Waals surface area contributed by atoms with Crippen LogP contribution in [0, 0.1) is 6.92 Å². The number of rotatable bonds is 4. The lowest BCUT2D eigenvalue weighted by Gasteiger charge is -2.11. The van der Waals surface area contributed by atoms with Crippen molar-refractivity contribution in [3.8, 4) is 10.4 Å². The van der Waals surface area contributed by atoms with E-state index in [1.807, 2.05) is 18.4 Å². The Morgan fingerprint density at radius 3 is 2.37 bits per heavy atom. The number of thiophene rings is 1. The zero-order valence-corrected chi connectivity index (χ0v) is 15.2. The molecule has 0 amide bonds. The molecular formula is C15H17Br2NS. The van der Waals surface area contributed by atoms with E-state index in [0.717, 1.165) is 15.4 Å². The Morgan fingerprint density at radius 1 is 1.21 bits per heavy atom. The van der Waals surface area contributed by atoms with Crippen molar-refractivity contribution in [2.24, 2.45) is 0 Å². The molecule has 1 unspecified atom stereocenters. The lowest BCUT2D eigenvalue weighted by molar-refractivity contribution is 0.586. The van der Waals surface area contributed by atoms with Gasteiger partial charge in [0.25, 0.3) is 0 Å². The first-order valence-corrected chi connectivity index (χ1v) is 8.70. The summed E-state index contributed by atoms with van der Waals surface area (Å²) in [7, 11) is 2.02. The Kier molecular flexibility index (Phi) is 5.23. The van der Waals surface area contributed by atoms with Gasteiger partial charge in [0.1, 0.15) is 0 Å². The largest absolute Gasteiger partial charge is 0.312 e. The average Bonchev–Trinajstić information content (AvgIpc) is 2.78. The van der Waals surface area contributed by atoms with Crippen LogP contribution in [0.2, 0.25) is 0 Å². The Morgan fingerprint density at radius 2 is 1.84 bits per heavy atom. The number of hydrogen-bond donors (Lipinski definition) is 1. The molecule has 102 valence electrons. The molecule has 0 radical (unpaired) electrons. The Labute approximate surface area is 135 Å². The second-order valence-electron chi connectivity index (χ2n) is 4.56. The predicted molar refractivity (Wildman–Crippen MR) is 92.0 cm³/mol. The van der Waals surface area contributed by atoms with Crippen LogP contribution >= 0.6 is 43.2 Å². The van der Waals surface area contributed by atoms with E-state index in [1.54, 1.807) is 0 Å². The molecule has 0 spiro atoms. The van der Waals surface area contributed by atoms with Gasteiger partial charge < -0.3 is 5.32 Å². The van der Waals surface area contributed by atoms with Gasteiger partial charge in [-0.25, -0.2) is 0 Å². The van der Waals surface area contributed by atoms with Crippen molar-refractivity contribution in [1.82, 2.24) is 5.32 Å². The summed E-state index contributed by atoms with van der Waals surface area (Å²) in [4.78, 5) is 2.68. The molecule has 0 bridgehead atoms. The van der Waals surface area contributed by atoms with Crippen LogP contribution in [0.1, 0.15) is 29.8 Å². The summed E-state index contributed by atoms with van der Waals surface area (Å²) in [5.41, 5.74) is 2.49. The van der Waals surface area contributed by atoms with Crippen molar-refractivity contribution in [3.05, 3.63) is 43.7 Å². The molecule has 0 aliphatic rings. The van der Waals surface area contributed by atoms with Gasteiger partial charge in [0.15, 0.2) is 0 Å². The van der Waals surface area contributed by atoms with Crippen LogP contribution in [0.4, 0.5) is 0 Å². The van der Waals surface area contributed by atoms with Gasteiger partial charge in [-0.2, -0.15) is 0 Å². The van der Waals surface area contributed by atoms with Crippen LogP contribution in [0.25, 0.3) is 10.4 Å². The molecule has 0 aliphatic carbocycles. The maximum absolute atomic E-state index is 3.68. The normalized spacial score (nSPS) is 12.7. The standard InChI is InChI=1S/C15H17Br2NS/c1-4-12(18-3)13-5-6-14(19-13)15-10(16)7-9(2)8-11(15)17/h5-8,12,18H,4H2,1-3H3. The van der Waals surface area contributed by atoms with Gasteiger partial charge in [-0.05, 0) is 50.2 Å². The molecule has 1 atom stereocenters. The summed E-state index contributed by atoms with van der Waals surface area (Å²) >= 11 is 9.21. The third-order valence-corrected chi connectivity index (χ3v) is 5.63. The van der Waals surface area contributed by atoms with E-state index in [9.17, 15) is 0 Å². The molecule has 1 heterocycles. The first-order valence-electron chi connectivity index (χ1n) is 6.29. The number of nitrogens with one attached hydrogen (secondary N) is 1. The minimum atomic E-state index is 0.446. The quantitative estimate of drug-likeness (QED) is 0.669. The lowest BCUT2D eigenvalue weighted by Crippen LogP contribution is -2.13. The Bertz CT molecular complexity index is 550. The molecule has 4 heteroatoms. The third kappa shape index (κ3) is 3.30. The molecule has 1 nitrogen and oxygen atoms in total. The van der Waals surface area contributed by atoms with Crippen LogP contribution in [-0.2, 0) is 0 Å². The van der Waals surface area contributed by atoms with E-state index in [1.165, 1.54) is 20.9 Å². The first-order chi connectivity index (χ1) is 9.06. The molecule has 0 fully saturated rings. The Hall–Kier alpha value is -0.160.